The minimum absolute atomic E-state index is 0.180. The average Bonchev–Trinajstić information content (AvgIpc) is 1.88. The molecule has 0 aliphatic carbocycles. The molecule has 0 atom stereocenters. The van der Waals surface area contributed by atoms with Crippen molar-refractivity contribution >= 4 is 5.84 Å². The van der Waals surface area contributed by atoms with Gasteiger partial charge in [0.2, 0.25) is 0 Å². The zero-order valence-corrected chi connectivity index (χ0v) is 5.52. The second-order valence-electron chi connectivity index (χ2n) is 2.04. The van der Waals surface area contributed by atoms with E-state index >= 15 is 0 Å². The Kier molecular flexibility index (Phi) is 2.05. The molecule has 0 aromatic heterocycles. The molecular formula is C8H8N2. The van der Waals surface area contributed by atoms with Crippen LogP contribution >= 0.6 is 0 Å². The van der Waals surface area contributed by atoms with Gasteiger partial charge < -0.3 is 5.73 Å². The van der Waals surface area contributed by atoms with Crippen LogP contribution in [0.3, 0.4) is 0 Å². The fourth-order valence-corrected chi connectivity index (χ4v) is 0.709. The quantitative estimate of drug-likeness (QED) is 0.453. The topological polar surface area (TPSA) is 49.9 Å². The van der Waals surface area contributed by atoms with Crippen LogP contribution in [0.2, 0.25) is 0 Å². The van der Waals surface area contributed by atoms with Gasteiger partial charge in [-0.15, -0.1) is 0 Å². The van der Waals surface area contributed by atoms with Gasteiger partial charge in [0.05, 0.1) is 5.84 Å². The highest BCUT2D eigenvalue weighted by atomic mass is 14.7. The second kappa shape index (κ2) is 3.01. The molecule has 0 heterocycles. The van der Waals surface area contributed by atoms with Gasteiger partial charge in [-0.25, -0.2) is 0 Å². The van der Waals surface area contributed by atoms with Crippen molar-refractivity contribution in [2.24, 2.45) is 5.73 Å². The molecule has 0 saturated carbocycles. The monoisotopic (exact) mass is 132 g/mol. The van der Waals surface area contributed by atoms with Crippen molar-refractivity contribution in [2.45, 2.75) is 6.42 Å². The molecule has 0 amide bonds. The van der Waals surface area contributed by atoms with Crippen molar-refractivity contribution in [2.75, 3.05) is 0 Å². The molecule has 0 unspecified atom stereocenters. The summed E-state index contributed by atoms with van der Waals surface area (Å²) in [4.78, 5) is 0. The maximum absolute atomic E-state index is 6.99. The maximum Gasteiger partial charge on any atom is 0.0950 e. The van der Waals surface area contributed by atoms with Crippen LogP contribution in [-0.4, -0.2) is 5.84 Å². The summed E-state index contributed by atoms with van der Waals surface area (Å²) in [6, 6.07) is 11.0. The summed E-state index contributed by atoms with van der Waals surface area (Å²) in [5.74, 6) is 0.180. The van der Waals surface area contributed by atoms with Crippen molar-refractivity contribution in [1.82, 2.24) is 0 Å². The van der Waals surface area contributed by atoms with Crippen molar-refractivity contribution in [3.8, 4) is 0 Å². The van der Waals surface area contributed by atoms with Gasteiger partial charge in [0, 0.05) is 6.42 Å². The van der Waals surface area contributed by atoms with Crippen LogP contribution in [0.1, 0.15) is 5.56 Å². The Hall–Kier alpha value is -1.31. The third-order valence-electron chi connectivity index (χ3n) is 1.12. The first-order chi connectivity index (χ1) is 4.79. The Labute approximate surface area is 60.2 Å². The lowest BCUT2D eigenvalue weighted by molar-refractivity contribution is 1.24. The summed E-state index contributed by atoms with van der Waals surface area (Å²) < 4.78 is 0. The van der Waals surface area contributed by atoms with Gasteiger partial charge in [-0.05, 0) is 17.7 Å². The summed E-state index contributed by atoms with van der Waals surface area (Å²) in [6.07, 6.45) is 0.505. The second-order valence-corrected chi connectivity index (χ2v) is 2.04. The highest BCUT2D eigenvalue weighted by Gasteiger charge is 1.91. The number of nitrogens with two attached hydrogens (primary N) is 1. The van der Waals surface area contributed by atoms with Crippen LogP contribution < -0.4 is 5.73 Å². The van der Waals surface area contributed by atoms with Gasteiger partial charge in [-0.2, -0.15) is 0 Å². The van der Waals surface area contributed by atoms with E-state index in [9.17, 15) is 0 Å². The highest BCUT2D eigenvalue weighted by molar-refractivity contribution is 5.79. The van der Waals surface area contributed by atoms with Gasteiger partial charge in [-0.3, -0.25) is 5.41 Å². The van der Waals surface area contributed by atoms with E-state index in [2.05, 4.69) is 12.1 Å². The van der Waals surface area contributed by atoms with E-state index in [0.29, 0.717) is 6.42 Å². The lowest BCUT2D eigenvalue weighted by Crippen LogP contribution is -2.12. The third kappa shape index (κ3) is 1.90. The van der Waals surface area contributed by atoms with E-state index < -0.39 is 0 Å². The Morgan fingerprint density at radius 3 is 2.90 bits per heavy atom. The molecule has 0 spiro atoms. The first-order valence-electron chi connectivity index (χ1n) is 2.98. The molecule has 0 fully saturated rings. The van der Waals surface area contributed by atoms with E-state index in [1.165, 1.54) is 0 Å². The van der Waals surface area contributed by atoms with Gasteiger partial charge in [0.15, 0.2) is 0 Å². The molecule has 2 nitrogen and oxygen atoms in total. The number of nitrogens with one attached hydrogen (secondary N) is 1. The minimum atomic E-state index is 0.180. The molecule has 2 radical (unpaired) electrons. The van der Waals surface area contributed by atoms with Gasteiger partial charge in [0.25, 0.3) is 0 Å². The van der Waals surface area contributed by atoms with Crippen LogP contribution in [0.15, 0.2) is 18.2 Å². The predicted molar refractivity (Wildman–Crippen MR) is 39.7 cm³/mol. The molecule has 0 aliphatic heterocycles. The van der Waals surface area contributed by atoms with Crippen molar-refractivity contribution in [3.63, 3.8) is 0 Å². The molecule has 2 heteroatoms. The lowest BCUT2D eigenvalue weighted by Gasteiger charge is -1.95. The predicted octanol–water partition coefficient (Wildman–Crippen LogP) is 0.765. The number of hydrogen-bond acceptors (Lipinski definition) is 1. The summed E-state index contributed by atoms with van der Waals surface area (Å²) >= 11 is 0. The summed E-state index contributed by atoms with van der Waals surface area (Å²) in [5.41, 5.74) is 6.19. The fourth-order valence-electron chi connectivity index (χ4n) is 0.709. The molecule has 0 saturated heterocycles. The lowest BCUT2D eigenvalue weighted by atomic mass is 10.1. The van der Waals surface area contributed by atoms with Crippen LogP contribution in [0.4, 0.5) is 0 Å². The summed E-state index contributed by atoms with van der Waals surface area (Å²) in [5, 5.41) is 6.99. The third-order valence-corrected chi connectivity index (χ3v) is 1.12. The van der Waals surface area contributed by atoms with E-state index in [1.807, 2.05) is 6.07 Å². The molecular weight excluding hydrogens is 124 g/mol. The number of amidine groups is 1. The van der Waals surface area contributed by atoms with Gasteiger partial charge in [-0.1, -0.05) is 18.2 Å². The van der Waals surface area contributed by atoms with Crippen LogP contribution in [0.25, 0.3) is 0 Å². The van der Waals surface area contributed by atoms with E-state index in [-0.39, 0.29) is 5.84 Å². The van der Waals surface area contributed by atoms with Crippen molar-refractivity contribution in [1.29, 1.82) is 5.41 Å². The van der Waals surface area contributed by atoms with Crippen LogP contribution in [0.5, 0.6) is 0 Å². The zero-order chi connectivity index (χ0) is 7.40. The van der Waals surface area contributed by atoms with E-state index in [0.717, 1.165) is 5.56 Å². The molecule has 0 aliphatic rings. The Morgan fingerprint density at radius 2 is 2.40 bits per heavy atom. The first-order valence-corrected chi connectivity index (χ1v) is 2.98. The molecule has 1 rings (SSSR count). The first kappa shape index (κ1) is 6.81. The van der Waals surface area contributed by atoms with Crippen molar-refractivity contribution in [3.05, 3.63) is 35.9 Å². The zero-order valence-electron chi connectivity index (χ0n) is 5.52. The molecule has 3 N–H and O–H groups in total. The summed E-state index contributed by atoms with van der Waals surface area (Å²) in [7, 11) is 0. The Morgan fingerprint density at radius 1 is 1.60 bits per heavy atom. The number of hydrogen-bond donors (Lipinski definition) is 2. The Balaban J connectivity index is 2.67. The van der Waals surface area contributed by atoms with Crippen LogP contribution in [-0.2, 0) is 6.42 Å². The maximum atomic E-state index is 6.99. The smallest absolute Gasteiger partial charge is 0.0950 e. The molecule has 10 heavy (non-hydrogen) atoms. The normalized spacial score (nSPS) is 9.20. The van der Waals surface area contributed by atoms with Crippen molar-refractivity contribution < 1.29 is 0 Å². The molecule has 1 aromatic rings. The average molecular weight is 132 g/mol. The SMILES string of the molecule is N=C(N)Cc1c[c][c]cc1. The largest absolute Gasteiger partial charge is 0.387 e. The Bertz CT molecular complexity index is 216. The number of rotatable bonds is 2. The van der Waals surface area contributed by atoms with Gasteiger partial charge in [0.1, 0.15) is 0 Å². The fraction of sp³-hybridized carbons (Fsp3) is 0.125. The summed E-state index contributed by atoms with van der Waals surface area (Å²) in [6.45, 7) is 0. The van der Waals surface area contributed by atoms with E-state index in [1.54, 1.807) is 12.1 Å². The molecule has 1 aromatic carbocycles. The van der Waals surface area contributed by atoms with E-state index in [4.69, 9.17) is 11.1 Å². The minimum Gasteiger partial charge on any atom is -0.387 e. The number of benzene rings is 1. The van der Waals surface area contributed by atoms with Crippen LogP contribution in [0, 0.1) is 17.5 Å². The van der Waals surface area contributed by atoms with Gasteiger partial charge >= 0.3 is 0 Å². The molecule has 0 bridgehead atoms. The highest BCUT2D eigenvalue weighted by Crippen LogP contribution is 1.96. The standard InChI is InChI=1S/C8H8N2/c9-8(10)6-7-4-2-1-3-5-7/h2,4-5H,6H2,(H3,9,10). The molecule has 50 valence electrons.